The molecule has 0 spiro atoms. The number of carbonyl (C=O) groups excluding carboxylic acids is 2. The number of hydrogen-bond acceptors (Lipinski definition) is 5. The SMILES string of the molecule is CCCCCCCCCCCC(CCC(=O)O)(C(=O)NO)C(=O)NO. The van der Waals surface area contributed by atoms with E-state index in [0.717, 1.165) is 25.7 Å². The van der Waals surface area contributed by atoms with Gasteiger partial charge in [0, 0.05) is 6.42 Å². The van der Waals surface area contributed by atoms with E-state index in [1.54, 1.807) is 0 Å². The molecule has 0 aromatic carbocycles. The van der Waals surface area contributed by atoms with Gasteiger partial charge in [0.2, 0.25) is 0 Å². The predicted molar refractivity (Wildman–Crippen MR) is 91.0 cm³/mol. The fraction of sp³-hybridized carbons (Fsp3) is 0.824. The lowest BCUT2D eigenvalue weighted by molar-refractivity contribution is -0.156. The van der Waals surface area contributed by atoms with Gasteiger partial charge >= 0.3 is 5.97 Å². The third-order valence-electron chi connectivity index (χ3n) is 4.55. The van der Waals surface area contributed by atoms with Crippen LogP contribution in [0, 0.1) is 5.41 Å². The average Bonchev–Trinajstić information content (AvgIpc) is 2.61. The van der Waals surface area contributed by atoms with Crippen LogP contribution < -0.4 is 11.0 Å². The molecule has 0 aromatic rings. The van der Waals surface area contributed by atoms with Gasteiger partial charge in [0.25, 0.3) is 11.8 Å². The monoisotopic (exact) mass is 360 g/mol. The van der Waals surface area contributed by atoms with Crippen molar-refractivity contribution in [3.8, 4) is 0 Å². The lowest BCUT2D eigenvalue weighted by atomic mass is 9.76. The number of hydroxylamine groups is 2. The van der Waals surface area contributed by atoms with Crippen LogP contribution in [-0.2, 0) is 14.4 Å². The third-order valence-corrected chi connectivity index (χ3v) is 4.55. The van der Waals surface area contributed by atoms with Gasteiger partial charge in [0.15, 0.2) is 0 Å². The largest absolute Gasteiger partial charge is 0.481 e. The van der Waals surface area contributed by atoms with Gasteiger partial charge in [0.05, 0.1) is 0 Å². The summed E-state index contributed by atoms with van der Waals surface area (Å²) in [5.74, 6) is -3.16. The third kappa shape index (κ3) is 8.83. The lowest BCUT2D eigenvalue weighted by Gasteiger charge is -2.28. The van der Waals surface area contributed by atoms with Gasteiger partial charge in [-0.15, -0.1) is 0 Å². The molecule has 0 aliphatic carbocycles. The minimum absolute atomic E-state index is 0.0644. The summed E-state index contributed by atoms with van der Waals surface area (Å²) in [5.41, 5.74) is 1.05. The summed E-state index contributed by atoms with van der Waals surface area (Å²) in [5, 5.41) is 26.7. The molecular formula is C17H32N2O6. The van der Waals surface area contributed by atoms with Gasteiger partial charge in [-0.2, -0.15) is 0 Å². The summed E-state index contributed by atoms with van der Waals surface area (Å²) in [6, 6.07) is 0. The first-order valence-electron chi connectivity index (χ1n) is 9.05. The Balaban J connectivity index is 4.49. The predicted octanol–water partition coefficient (Wildman–Crippen LogP) is 2.77. The summed E-state index contributed by atoms with van der Waals surface area (Å²) in [7, 11) is 0. The van der Waals surface area contributed by atoms with Gasteiger partial charge in [-0.25, -0.2) is 11.0 Å². The summed E-state index contributed by atoms with van der Waals surface area (Å²) < 4.78 is 0. The summed E-state index contributed by atoms with van der Waals surface area (Å²) in [6.07, 6.45) is 8.75. The van der Waals surface area contributed by atoms with Crippen LogP contribution in [0.4, 0.5) is 0 Å². The van der Waals surface area contributed by atoms with E-state index in [0.29, 0.717) is 6.42 Å². The highest BCUT2D eigenvalue weighted by molar-refractivity contribution is 6.04. The molecule has 0 aromatic heterocycles. The fourth-order valence-corrected chi connectivity index (χ4v) is 2.95. The van der Waals surface area contributed by atoms with Gasteiger partial charge in [-0.1, -0.05) is 64.7 Å². The van der Waals surface area contributed by atoms with E-state index in [9.17, 15) is 14.4 Å². The topological polar surface area (TPSA) is 136 Å². The molecule has 0 atom stereocenters. The van der Waals surface area contributed by atoms with Crippen LogP contribution in [-0.4, -0.2) is 33.3 Å². The molecule has 25 heavy (non-hydrogen) atoms. The molecule has 0 fully saturated rings. The maximum Gasteiger partial charge on any atom is 0.303 e. The van der Waals surface area contributed by atoms with Crippen LogP contribution in [0.5, 0.6) is 0 Å². The van der Waals surface area contributed by atoms with Crippen molar-refractivity contribution in [1.29, 1.82) is 0 Å². The number of hydrogen-bond donors (Lipinski definition) is 5. The zero-order valence-corrected chi connectivity index (χ0v) is 15.1. The van der Waals surface area contributed by atoms with Crippen LogP contribution in [0.3, 0.4) is 0 Å². The smallest absolute Gasteiger partial charge is 0.303 e. The highest BCUT2D eigenvalue weighted by atomic mass is 16.5. The van der Waals surface area contributed by atoms with E-state index < -0.39 is 29.6 Å². The first-order valence-corrected chi connectivity index (χ1v) is 9.05. The van der Waals surface area contributed by atoms with E-state index in [-0.39, 0.29) is 12.8 Å². The first-order chi connectivity index (χ1) is 11.9. The Kier molecular flexibility index (Phi) is 12.7. The lowest BCUT2D eigenvalue weighted by Crippen LogP contribution is -2.50. The summed E-state index contributed by atoms with van der Waals surface area (Å²) in [4.78, 5) is 34.8. The molecule has 0 saturated heterocycles. The molecule has 0 unspecified atom stereocenters. The molecule has 2 amide bonds. The van der Waals surface area contributed by atoms with E-state index in [4.69, 9.17) is 15.5 Å². The molecule has 0 aliphatic heterocycles. The van der Waals surface area contributed by atoms with Crippen molar-refractivity contribution in [1.82, 2.24) is 11.0 Å². The van der Waals surface area contributed by atoms with E-state index in [2.05, 4.69) is 6.92 Å². The number of rotatable bonds is 15. The number of nitrogens with one attached hydrogen (secondary N) is 2. The van der Waals surface area contributed by atoms with Crippen LogP contribution in [0.25, 0.3) is 0 Å². The van der Waals surface area contributed by atoms with Crippen molar-refractivity contribution < 1.29 is 29.9 Å². The van der Waals surface area contributed by atoms with Crippen LogP contribution in [0.2, 0.25) is 0 Å². The number of carbonyl (C=O) groups is 3. The molecule has 146 valence electrons. The van der Waals surface area contributed by atoms with Crippen LogP contribution >= 0.6 is 0 Å². The molecule has 8 heteroatoms. The van der Waals surface area contributed by atoms with Gasteiger partial charge < -0.3 is 5.11 Å². The first kappa shape index (κ1) is 23.3. The second kappa shape index (κ2) is 13.6. The Morgan fingerprint density at radius 2 is 1.20 bits per heavy atom. The number of carboxylic acids is 1. The average molecular weight is 360 g/mol. The Morgan fingerprint density at radius 3 is 1.60 bits per heavy atom. The maximum atomic E-state index is 12.0. The van der Waals surface area contributed by atoms with Crippen molar-refractivity contribution in [3.05, 3.63) is 0 Å². The zero-order valence-electron chi connectivity index (χ0n) is 15.1. The molecule has 0 aliphatic rings. The highest BCUT2D eigenvalue weighted by Crippen LogP contribution is 2.32. The Labute approximate surface area is 148 Å². The van der Waals surface area contributed by atoms with Crippen molar-refractivity contribution in [3.63, 3.8) is 0 Å². The van der Waals surface area contributed by atoms with Crippen molar-refractivity contribution in [2.24, 2.45) is 5.41 Å². The van der Waals surface area contributed by atoms with Crippen molar-refractivity contribution in [2.45, 2.75) is 84.0 Å². The fourth-order valence-electron chi connectivity index (χ4n) is 2.95. The molecule has 5 N–H and O–H groups in total. The van der Waals surface area contributed by atoms with E-state index in [1.807, 2.05) is 0 Å². The number of amides is 2. The number of carboxylic acid groups (broad SMARTS) is 1. The molecule has 0 rings (SSSR count). The minimum atomic E-state index is -1.79. The Hall–Kier alpha value is -1.67. The molecular weight excluding hydrogens is 328 g/mol. The maximum absolute atomic E-state index is 12.0. The van der Waals surface area contributed by atoms with Gasteiger partial charge in [-0.3, -0.25) is 24.8 Å². The number of aliphatic carboxylic acids is 1. The van der Waals surface area contributed by atoms with Gasteiger partial charge in [-0.05, 0) is 12.8 Å². The normalized spacial score (nSPS) is 11.2. The molecule has 8 nitrogen and oxygen atoms in total. The minimum Gasteiger partial charge on any atom is -0.481 e. The standard InChI is InChI=1S/C17H32N2O6/c1-2-3-4-5-6-7-8-9-10-12-17(15(22)18-24,16(23)19-25)13-11-14(20)21/h24-25H,2-13H2,1H3,(H,18,22)(H,19,23)(H,20,21). The van der Waals surface area contributed by atoms with E-state index in [1.165, 1.54) is 36.6 Å². The Bertz CT molecular complexity index is 398. The summed E-state index contributed by atoms with van der Waals surface area (Å²) in [6.45, 7) is 2.17. The summed E-state index contributed by atoms with van der Waals surface area (Å²) >= 11 is 0. The van der Waals surface area contributed by atoms with Crippen LogP contribution in [0.1, 0.15) is 84.0 Å². The second-order valence-electron chi connectivity index (χ2n) is 6.44. The van der Waals surface area contributed by atoms with E-state index >= 15 is 0 Å². The van der Waals surface area contributed by atoms with Crippen LogP contribution in [0.15, 0.2) is 0 Å². The zero-order chi connectivity index (χ0) is 19.1. The molecule has 0 bridgehead atoms. The van der Waals surface area contributed by atoms with Gasteiger partial charge in [0.1, 0.15) is 5.41 Å². The number of unbranched alkanes of at least 4 members (excludes halogenated alkanes) is 8. The quantitative estimate of drug-likeness (QED) is 0.132. The molecule has 0 radical (unpaired) electrons. The molecule has 0 heterocycles. The molecule has 0 saturated carbocycles. The highest BCUT2D eigenvalue weighted by Gasteiger charge is 2.45. The Morgan fingerprint density at radius 1 is 0.760 bits per heavy atom. The van der Waals surface area contributed by atoms with Crippen molar-refractivity contribution >= 4 is 17.8 Å². The second-order valence-corrected chi connectivity index (χ2v) is 6.44. The van der Waals surface area contributed by atoms with Crippen molar-refractivity contribution in [2.75, 3.05) is 0 Å².